The smallest absolute Gasteiger partial charge is 0.406 e. The van der Waals surface area contributed by atoms with Crippen LogP contribution in [-0.4, -0.2) is 12.3 Å². The third kappa shape index (κ3) is 5.73. The van der Waals surface area contributed by atoms with E-state index in [9.17, 15) is 18.0 Å². The van der Waals surface area contributed by atoms with Crippen molar-refractivity contribution in [1.29, 1.82) is 0 Å². The van der Waals surface area contributed by atoms with Crippen LogP contribution in [-0.2, 0) is 4.79 Å². The molecule has 0 saturated carbocycles. The summed E-state index contributed by atoms with van der Waals surface area (Å²) in [6, 6.07) is 20.6. The Hall–Kier alpha value is -3.74. The topological polar surface area (TPSA) is 41.6 Å². The second kappa shape index (κ2) is 10.1. The molecule has 188 valence electrons. The van der Waals surface area contributed by atoms with Gasteiger partial charge in [-0.2, -0.15) is 0 Å². The predicted octanol–water partition coefficient (Wildman–Crippen LogP) is 7.92. The van der Waals surface area contributed by atoms with Crippen molar-refractivity contribution in [1.82, 2.24) is 0 Å². The van der Waals surface area contributed by atoms with E-state index >= 15 is 0 Å². The van der Waals surface area contributed by atoms with Gasteiger partial charge in [0.1, 0.15) is 11.4 Å². The fraction of sp³-hybridized carbons (Fsp3) is 0.276. The minimum absolute atomic E-state index is 0.271. The molecule has 1 aliphatic heterocycles. The van der Waals surface area contributed by atoms with Crippen molar-refractivity contribution in [2.75, 3.05) is 10.2 Å². The summed E-state index contributed by atoms with van der Waals surface area (Å²) in [5, 5.41) is 3.20. The van der Waals surface area contributed by atoms with Gasteiger partial charge in [-0.3, -0.25) is 9.69 Å². The molecule has 7 heteroatoms. The molecule has 1 unspecified atom stereocenters. The van der Waals surface area contributed by atoms with Gasteiger partial charge in [-0.15, -0.1) is 13.2 Å². The van der Waals surface area contributed by atoms with Gasteiger partial charge in [0.05, 0.1) is 6.04 Å². The van der Waals surface area contributed by atoms with Crippen molar-refractivity contribution in [3.63, 3.8) is 0 Å². The molecule has 4 nitrogen and oxygen atoms in total. The van der Waals surface area contributed by atoms with Crippen molar-refractivity contribution in [2.45, 2.75) is 51.9 Å². The monoisotopic (exact) mass is 494 g/mol. The molecule has 0 fully saturated rings. The van der Waals surface area contributed by atoms with Crippen molar-refractivity contribution in [3.8, 4) is 5.75 Å². The number of carbonyl (C=O) groups excluding carboxylic acids is 1. The highest BCUT2D eigenvalue weighted by atomic mass is 19.4. The van der Waals surface area contributed by atoms with E-state index in [2.05, 4.69) is 37.7 Å². The average molecular weight is 495 g/mol. The first kappa shape index (κ1) is 25.4. The highest BCUT2D eigenvalue weighted by molar-refractivity contribution is 6.11. The Morgan fingerprint density at radius 3 is 2.00 bits per heavy atom. The average Bonchev–Trinajstić information content (AvgIpc) is 3.14. The van der Waals surface area contributed by atoms with E-state index in [0.29, 0.717) is 28.8 Å². The number of alkyl halides is 3. The van der Waals surface area contributed by atoms with Crippen LogP contribution in [0.15, 0.2) is 84.6 Å². The third-order valence-corrected chi connectivity index (χ3v) is 6.18. The summed E-state index contributed by atoms with van der Waals surface area (Å²) in [6.07, 6.45) is -3.07. The second-order valence-electron chi connectivity index (χ2n) is 9.47. The molecule has 3 aromatic rings. The second-order valence-corrected chi connectivity index (χ2v) is 9.47. The van der Waals surface area contributed by atoms with Crippen LogP contribution < -0.4 is 15.0 Å². The zero-order valence-corrected chi connectivity index (χ0v) is 20.6. The normalized spacial score (nSPS) is 16.0. The minimum Gasteiger partial charge on any atom is -0.406 e. The quantitative estimate of drug-likeness (QED) is 0.363. The van der Waals surface area contributed by atoms with Gasteiger partial charge >= 0.3 is 6.36 Å². The van der Waals surface area contributed by atoms with Crippen LogP contribution in [0, 0.1) is 0 Å². The summed E-state index contributed by atoms with van der Waals surface area (Å²) in [7, 11) is 0. The first-order valence-corrected chi connectivity index (χ1v) is 11.9. The van der Waals surface area contributed by atoms with Crippen LogP contribution >= 0.6 is 0 Å². The van der Waals surface area contributed by atoms with Crippen LogP contribution in [0.1, 0.15) is 62.3 Å². The maximum Gasteiger partial charge on any atom is 0.573 e. The van der Waals surface area contributed by atoms with Crippen molar-refractivity contribution in [3.05, 3.63) is 101 Å². The fourth-order valence-electron chi connectivity index (χ4n) is 4.20. The maximum atomic E-state index is 13.6. The molecule has 1 atom stereocenters. The van der Waals surface area contributed by atoms with Crippen LogP contribution in [0.5, 0.6) is 5.75 Å². The Morgan fingerprint density at radius 1 is 0.861 bits per heavy atom. The number of halogens is 3. The molecule has 0 bridgehead atoms. The molecule has 1 aliphatic rings. The SMILES string of the molecule is CC(C)c1ccc(NC2=CC(c3cccc(OC(F)(F)F)c3)N(c3ccc(C(C)C)cc3)C2=O)cc1. The molecule has 0 spiro atoms. The van der Waals surface area contributed by atoms with Gasteiger partial charge < -0.3 is 10.1 Å². The molecular weight excluding hydrogens is 465 g/mol. The number of nitrogens with zero attached hydrogens (tertiary/aromatic N) is 1. The van der Waals surface area contributed by atoms with Crippen molar-refractivity contribution >= 4 is 17.3 Å². The number of hydrogen-bond acceptors (Lipinski definition) is 3. The Bertz CT molecular complexity index is 1250. The van der Waals surface area contributed by atoms with Gasteiger partial charge in [-0.05, 0) is 71.0 Å². The van der Waals surface area contributed by atoms with Crippen LogP contribution in [0.4, 0.5) is 24.5 Å². The summed E-state index contributed by atoms with van der Waals surface area (Å²) >= 11 is 0. The molecular formula is C29H29F3N2O2. The summed E-state index contributed by atoms with van der Waals surface area (Å²) in [5.74, 6) is 0.102. The largest absolute Gasteiger partial charge is 0.573 e. The summed E-state index contributed by atoms with van der Waals surface area (Å²) in [4.78, 5) is 15.2. The molecule has 0 aliphatic carbocycles. The molecule has 1 amide bonds. The number of carbonyl (C=O) groups is 1. The van der Waals surface area contributed by atoms with Crippen molar-refractivity contribution in [2.24, 2.45) is 0 Å². The third-order valence-electron chi connectivity index (χ3n) is 6.18. The molecule has 1 heterocycles. The fourth-order valence-corrected chi connectivity index (χ4v) is 4.20. The van der Waals surface area contributed by atoms with Gasteiger partial charge in [0, 0.05) is 11.4 Å². The van der Waals surface area contributed by atoms with E-state index in [4.69, 9.17) is 0 Å². The zero-order valence-electron chi connectivity index (χ0n) is 20.6. The first-order valence-electron chi connectivity index (χ1n) is 11.9. The number of nitrogens with one attached hydrogen (secondary N) is 1. The lowest BCUT2D eigenvalue weighted by Gasteiger charge is -2.26. The van der Waals surface area contributed by atoms with Gasteiger partial charge in [0.25, 0.3) is 5.91 Å². The van der Waals surface area contributed by atoms with E-state index in [-0.39, 0.29) is 11.7 Å². The highest BCUT2D eigenvalue weighted by Crippen LogP contribution is 2.38. The molecule has 0 radical (unpaired) electrons. The number of hydrogen-bond donors (Lipinski definition) is 1. The maximum absolute atomic E-state index is 13.6. The minimum atomic E-state index is -4.80. The lowest BCUT2D eigenvalue weighted by Crippen LogP contribution is -2.30. The summed E-state index contributed by atoms with van der Waals surface area (Å²) in [5.41, 5.74) is 4.57. The molecule has 36 heavy (non-hydrogen) atoms. The van der Waals surface area contributed by atoms with Gasteiger partial charge in [0.15, 0.2) is 0 Å². The van der Waals surface area contributed by atoms with E-state index in [1.807, 2.05) is 48.5 Å². The molecule has 4 rings (SSSR count). The Kier molecular flexibility index (Phi) is 7.11. The van der Waals surface area contributed by atoms with E-state index < -0.39 is 12.4 Å². The summed E-state index contributed by atoms with van der Waals surface area (Å²) < 4.78 is 42.6. The molecule has 0 saturated heterocycles. The van der Waals surface area contributed by atoms with E-state index in [0.717, 1.165) is 11.3 Å². The summed E-state index contributed by atoms with van der Waals surface area (Å²) in [6.45, 7) is 8.38. The lowest BCUT2D eigenvalue weighted by atomic mass is 10.0. The lowest BCUT2D eigenvalue weighted by molar-refractivity contribution is -0.274. The standard InChI is InChI=1S/C29H29F3N2O2/c1-18(2)20-8-12-23(13-9-20)33-26-17-27(22-6-5-7-25(16-22)36-29(30,31)32)34(28(26)35)24-14-10-21(11-15-24)19(3)4/h5-19,27,33H,1-4H3. The van der Waals surface area contributed by atoms with Crippen LogP contribution in [0.3, 0.4) is 0 Å². The van der Waals surface area contributed by atoms with Gasteiger partial charge in [-0.25, -0.2) is 0 Å². The first-order chi connectivity index (χ1) is 17.0. The van der Waals surface area contributed by atoms with Crippen LogP contribution in [0.25, 0.3) is 0 Å². The predicted molar refractivity (Wildman–Crippen MR) is 136 cm³/mol. The number of rotatable bonds is 7. The Labute approximate surface area is 209 Å². The van der Waals surface area contributed by atoms with Crippen LogP contribution in [0.2, 0.25) is 0 Å². The Morgan fingerprint density at radius 2 is 1.44 bits per heavy atom. The van der Waals surface area contributed by atoms with E-state index in [1.165, 1.54) is 23.8 Å². The zero-order chi connectivity index (χ0) is 26.0. The van der Waals surface area contributed by atoms with Crippen molar-refractivity contribution < 1.29 is 22.7 Å². The van der Waals surface area contributed by atoms with E-state index in [1.54, 1.807) is 17.0 Å². The van der Waals surface area contributed by atoms with Gasteiger partial charge in [0.2, 0.25) is 0 Å². The highest BCUT2D eigenvalue weighted by Gasteiger charge is 2.36. The number of amides is 1. The molecule has 3 aromatic carbocycles. The number of benzene rings is 3. The molecule has 0 aromatic heterocycles. The van der Waals surface area contributed by atoms with Gasteiger partial charge in [-0.1, -0.05) is 64.1 Å². The molecule has 1 N–H and O–H groups in total. The Balaban J connectivity index is 1.70. The number of anilines is 2. The number of ether oxygens (including phenoxy) is 1.